The lowest BCUT2D eigenvalue weighted by atomic mass is 9.89. The third-order valence-corrected chi connectivity index (χ3v) is 7.25. The lowest BCUT2D eigenvalue weighted by Crippen LogP contribution is -2.40. The molecule has 0 aliphatic carbocycles. The molecule has 26 heavy (non-hydrogen) atoms. The molecule has 1 aromatic rings. The second-order valence-corrected chi connectivity index (χ2v) is 10.6. The summed E-state index contributed by atoms with van der Waals surface area (Å²) in [6, 6.07) is 3.21. The van der Waals surface area contributed by atoms with Crippen LogP contribution in [-0.4, -0.2) is 22.3 Å². The first-order valence-electron chi connectivity index (χ1n) is 8.03. The van der Waals surface area contributed by atoms with Crippen LogP contribution in [0.1, 0.15) is 76.0 Å². The summed E-state index contributed by atoms with van der Waals surface area (Å²) < 4.78 is 86.8. The van der Waals surface area contributed by atoms with E-state index in [1.54, 1.807) is 39.8 Å². The number of benzene rings is 1. The zero-order chi connectivity index (χ0) is 20.7. The maximum Gasteiger partial charge on any atom is 0.512 e. The van der Waals surface area contributed by atoms with E-state index >= 15 is 0 Å². The minimum absolute atomic E-state index is 0.0635. The van der Waals surface area contributed by atoms with Crippen LogP contribution in [0.4, 0.5) is 13.2 Å². The van der Waals surface area contributed by atoms with Crippen LogP contribution >= 0.6 is 0 Å². The molecule has 5 nitrogen and oxygen atoms in total. The molecule has 10 heteroatoms. The minimum Gasteiger partial charge on any atom is -0.206 e. The average Bonchev–Trinajstić information content (AvgIpc) is 2.43. The van der Waals surface area contributed by atoms with Crippen molar-refractivity contribution in [2.45, 2.75) is 69.7 Å². The molecule has 0 spiro atoms. The summed E-state index contributed by atoms with van der Waals surface area (Å²) in [6.07, 6.45) is 0. The molecular formula is C16H24F3NO4S2. The Hall–Kier alpha value is -1.13. The molecule has 0 unspecified atom stereocenters. The van der Waals surface area contributed by atoms with Gasteiger partial charge in [-0.05, 0) is 34.4 Å². The lowest BCUT2D eigenvalue weighted by molar-refractivity contribution is -0.0441. The summed E-state index contributed by atoms with van der Waals surface area (Å²) >= 11 is 0. The molecule has 0 saturated carbocycles. The number of hydrogen-bond donors (Lipinski definition) is 1. The van der Waals surface area contributed by atoms with E-state index < -0.39 is 30.5 Å². The molecule has 0 heterocycles. The summed E-state index contributed by atoms with van der Waals surface area (Å²) in [7, 11) is -11.0. The van der Waals surface area contributed by atoms with Crippen LogP contribution in [0.2, 0.25) is 0 Å². The molecule has 0 amide bonds. The van der Waals surface area contributed by atoms with Gasteiger partial charge < -0.3 is 0 Å². The first-order chi connectivity index (χ1) is 11.5. The molecule has 1 N–H and O–H groups in total. The van der Waals surface area contributed by atoms with Gasteiger partial charge in [0.25, 0.3) is 10.0 Å². The summed E-state index contributed by atoms with van der Waals surface area (Å²) in [5, 5.41) is 0. The molecule has 0 atom stereocenters. The minimum atomic E-state index is -6.05. The third kappa shape index (κ3) is 4.77. The van der Waals surface area contributed by atoms with Gasteiger partial charge in [0.2, 0.25) is 0 Å². The van der Waals surface area contributed by atoms with Crippen molar-refractivity contribution in [1.82, 2.24) is 4.13 Å². The van der Waals surface area contributed by atoms with Crippen molar-refractivity contribution in [3.05, 3.63) is 28.8 Å². The normalized spacial score (nSPS) is 13.8. The summed E-state index contributed by atoms with van der Waals surface area (Å²) in [4.78, 5) is -0.403. The fourth-order valence-corrected chi connectivity index (χ4v) is 5.51. The number of alkyl halides is 3. The maximum absolute atomic E-state index is 12.7. The second kappa shape index (κ2) is 7.47. The maximum atomic E-state index is 12.7. The molecule has 0 aromatic heterocycles. The van der Waals surface area contributed by atoms with Crippen LogP contribution in [0.15, 0.2) is 17.0 Å². The summed E-state index contributed by atoms with van der Waals surface area (Å²) in [6.45, 7) is 10.6. The van der Waals surface area contributed by atoms with Crippen LogP contribution in [0.25, 0.3) is 0 Å². The number of hydrogen-bond acceptors (Lipinski definition) is 4. The van der Waals surface area contributed by atoms with Crippen molar-refractivity contribution in [3.8, 4) is 0 Å². The number of halogens is 3. The van der Waals surface area contributed by atoms with Gasteiger partial charge in [-0.15, -0.1) is 0 Å². The van der Waals surface area contributed by atoms with Gasteiger partial charge in [0.1, 0.15) is 0 Å². The Kier molecular flexibility index (Phi) is 6.59. The van der Waals surface area contributed by atoms with Crippen LogP contribution in [0, 0.1) is 0 Å². The van der Waals surface area contributed by atoms with Crippen molar-refractivity contribution in [2.24, 2.45) is 0 Å². The molecule has 1 aromatic carbocycles. The molecule has 0 fully saturated rings. The van der Waals surface area contributed by atoms with Gasteiger partial charge in [-0.1, -0.05) is 57.8 Å². The molecule has 0 aliphatic rings. The highest BCUT2D eigenvalue weighted by Crippen LogP contribution is 2.36. The van der Waals surface area contributed by atoms with E-state index in [1.165, 1.54) is 0 Å². The van der Waals surface area contributed by atoms with Crippen molar-refractivity contribution >= 4 is 20.0 Å². The van der Waals surface area contributed by atoms with Crippen molar-refractivity contribution in [3.63, 3.8) is 0 Å². The highest BCUT2D eigenvalue weighted by Gasteiger charge is 2.49. The standard InChI is InChI=1S/C16H24F3NO4S2/c1-9(2)12-7-13(10(3)4)15(14(8-12)11(5)6)25(21,22)20-26(23,24)16(17,18)19/h7-11,20H,1-6H3. The molecule has 1 rings (SSSR count). The van der Waals surface area contributed by atoms with E-state index in [-0.39, 0.29) is 28.9 Å². The SMILES string of the molecule is CC(C)c1cc(C(C)C)c(S(=O)(=O)NS(=O)(=O)C(F)(F)F)c(C(C)C)c1. The lowest BCUT2D eigenvalue weighted by Gasteiger charge is -2.23. The van der Waals surface area contributed by atoms with Gasteiger partial charge in [0.15, 0.2) is 0 Å². The Morgan fingerprint density at radius 3 is 1.46 bits per heavy atom. The summed E-state index contributed by atoms with van der Waals surface area (Å²) in [5.41, 5.74) is -4.34. The topological polar surface area (TPSA) is 80.3 Å². The number of rotatable bonds is 6. The molecular weight excluding hydrogens is 391 g/mol. The van der Waals surface area contributed by atoms with E-state index in [1.807, 2.05) is 13.8 Å². The van der Waals surface area contributed by atoms with Crippen molar-refractivity contribution in [2.75, 3.05) is 0 Å². The fraction of sp³-hybridized carbons (Fsp3) is 0.625. The Balaban J connectivity index is 3.80. The molecule has 0 saturated heterocycles. The van der Waals surface area contributed by atoms with E-state index in [0.29, 0.717) is 0 Å². The fourth-order valence-electron chi connectivity index (χ4n) is 2.43. The number of sulfonamides is 2. The zero-order valence-electron chi connectivity index (χ0n) is 15.5. The van der Waals surface area contributed by atoms with Crippen LogP contribution in [0.5, 0.6) is 0 Å². The average molecular weight is 415 g/mol. The molecule has 150 valence electrons. The zero-order valence-corrected chi connectivity index (χ0v) is 17.1. The highest BCUT2D eigenvalue weighted by molar-refractivity contribution is 8.05. The largest absolute Gasteiger partial charge is 0.512 e. The van der Waals surface area contributed by atoms with Crippen molar-refractivity contribution < 1.29 is 30.0 Å². The second-order valence-electron chi connectivity index (χ2n) is 7.03. The van der Waals surface area contributed by atoms with Gasteiger partial charge >= 0.3 is 15.5 Å². The predicted molar refractivity (Wildman–Crippen MR) is 94.0 cm³/mol. The van der Waals surface area contributed by atoms with Gasteiger partial charge in [-0.2, -0.15) is 13.2 Å². The predicted octanol–water partition coefficient (Wildman–Crippen LogP) is 4.18. The van der Waals surface area contributed by atoms with Gasteiger partial charge in [0.05, 0.1) is 4.90 Å². The van der Waals surface area contributed by atoms with Crippen molar-refractivity contribution in [1.29, 1.82) is 0 Å². The van der Waals surface area contributed by atoms with Crippen LogP contribution < -0.4 is 4.13 Å². The monoisotopic (exact) mass is 415 g/mol. The Labute approximate surface area is 153 Å². The summed E-state index contributed by atoms with van der Waals surface area (Å²) in [5.74, 6) is -0.619. The third-order valence-electron chi connectivity index (χ3n) is 3.87. The van der Waals surface area contributed by atoms with Crippen LogP contribution in [0.3, 0.4) is 0 Å². The first kappa shape index (κ1) is 22.9. The molecule has 0 bridgehead atoms. The smallest absolute Gasteiger partial charge is 0.206 e. The van der Waals surface area contributed by atoms with E-state index in [0.717, 1.165) is 9.69 Å². The van der Waals surface area contributed by atoms with Gasteiger partial charge in [0, 0.05) is 0 Å². The van der Waals surface area contributed by atoms with Crippen LogP contribution in [-0.2, 0) is 20.0 Å². The van der Waals surface area contributed by atoms with E-state index in [9.17, 15) is 30.0 Å². The molecule has 0 radical (unpaired) electrons. The Morgan fingerprint density at radius 2 is 1.19 bits per heavy atom. The number of nitrogens with one attached hydrogen (secondary N) is 1. The van der Waals surface area contributed by atoms with Gasteiger partial charge in [-0.25, -0.2) is 16.8 Å². The Morgan fingerprint density at radius 1 is 0.808 bits per heavy atom. The highest BCUT2D eigenvalue weighted by atomic mass is 32.3. The van der Waals surface area contributed by atoms with E-state index in [4.69, 9.17) is 0 Å². The first-order valence-corrected chi connectivity index (χ1v) is 11.0. The molecule has 0 aliphatic heterocycles. The quantitative estimate of drug-likeness (QED) is 0.756. The van der Waals surface area contributed by atoms with Gasteiger partial charge in [-0.3, -0.25) is 0 Å². The van der Waals surface area contributed by atoms with E-state index in [2.05, 4.69) is 0 Å². The Bertz CT molecular complexity index is 842.